The predicted molar refractivity (Wildman–Crippen MR) is 99.8 cm³/mol. The third-order valence-electron chi connectivity index (χ3n) is 6.17. The molecule has 0 saturated carbocycles. The van der Waals surface area contributed by atoms with Crippen molar-refractivity contribution in [2.45, 2.75) is 51.5 Å². The zero-order valence-electron chi connectivity index (χ0n) is 16.7. The van der Waals surface area contributed by atoms with Crippen LogP contribution >= 0.6 is 0 Å². The minimum absolute atomic E-state index is 0.0156. The van der Waals surface area contributed by atoms with Crippen LogP contribution in [0.3, 0.4) is 0 Å². The highest BCUT2D eigenvalue weighted by atomic mass is 16.5. The number of likely N-dealkylation sites (N-methyl/N-ethyl adjacent to an activating group) is 1. The summed E-state index contributed by atoms with van der Waals surface area (Å²) in [7, 11) is 1.80. The van der Waals surface area contributed by atoms with Gasteiger partial charge >= 0.3 is 0 Å². The van der Waals surface area contributed by atoms with Crippen LogP contribution in [-0.4, -0.2) is 68.5 Å². The summed E-state index contributed by atoms with van der Waals surface area (Å²) in [6.45, 7) is 9.78. The first-order valence-electron chi connectivity index (χ1n) is 9.55. The van der Waals surface area contributed by atoms with Crippen molar-refractivity contribution in [2.24, 2.45) is 11.8 Å². The summed E-state index contributed by atoms with van der Waals surface area (Å²) >= 11 is 0. The van der Waals surface area contributed by atoms with E-state index in [0.29, 0.717) is 19.6 Å². The van der Waals surface area contributed by atoms with E-state index < -0.39 is 17.4 Å². The minimum Gasteiger partial charge on any atom is -0.360 e. The van der Waals surface area contributed by atoms with Crippen molar-refractivity contribution in [2.75, 3.05) is 20.1 Å². The van der Waals surface area contributed by atoms with Crippen molar-refractivity contribution in [1.29, 1.82) is 0 Å². The Kier molecular flexibility index (Phi) is 4.00. The summed E-state index contributed by atoms with van der Waals surface area (Å²) in [6.07, 6.45) is 7.34. The van der Waals surface area contributed by atoms with Crippen LogP contribution in [0, 0.1) is 18.8 Å². The van der Waals surface area contributed by atoms with Crippen LogP contribution in [-0.2, 0) is 20.9 Å². The Morgan fingerprint density at radius 2 is 2.19 bits per heavy atom. The Bertz CT molecular complexity index is 808. The average Bonchev–Trinajstić information content (AvgIpc) is 3.33. The van der Waals surface area contributed by atoms with E-state index in [1.54, 1.807) is 18.1 Å². The van der Waals surface area contributed by atoms with Crippen molar-refractivity contribution < 1.29 is 14.3 Å². The first-order chi connectivity index (χ1) is 12.6. The number of nitrogens with zero attached hydrogens (tertiary/aromatic N) is 4. The second-order valence-corrected chi connectivity index (χ2v) is 8.92. The van der Waals surface area contributed by atoms with E-state index in [2.05, 4.69) is 4.98 Å². The summed E-state index contributed by atoms with van der Waals surface area (Å²) in [4.78, 5) is 34.2. The Hall–Kier alpha value is -2.15. The first-order valence-corrected chi connectivity index (χ1v) is 9.55. The Labute approximate surface area is 160 Å². The standard InChI is InChI=1S/C20H28N4O3/c1-13-21-8-9-23(13)11-10-22(5)17(25)15-14-6-7-20(27-14)12-24(19(2,3)4)18(26)16(15)20/h6-9,14-16H,10-12H2,1-5H3/t14-,15?,16?,20-/m0/s1. The number of rotatable bonds is 4. The molecule has 4 atom stereocenters. The molecule has 4 heterocycles. The zero-order valence-corrected chi connectivity index (χ0v) is 16.7. The predicted octanol–water partition coefficient (Wildman–Crippen LogP) is 1.23. The Morgan fingerprint density at radius 1 is 1.44 bits per heavy atom. The topological polar surface area (TPSA) is 67.7 Å². The van der Waals surface area contributed by atoms with Gasteiger partial charge < -0.3 is 19.1 Å². The average molecular weight is 372 g/mol. The van der Waals surface area contributed by atoms with Crippen molar-refractivity contribution in [3.63, 3.8) is 0 Å². The largest absolute Gasteiger partial charge is 0.360 e. The second kappa shape index (κ2) is 5.92. The molecule has 3 aliphatic rings. The molecule has 2 saturated heterocycles. The zero-order chi connectivity index (χ0) is 19.6. The number of imidazole rings is 1. The highest BCUT2D eigenvalue weighted by Crippen LogP contribution is 2.53. The summed E-state index contributed by atoms with van der Waals surface area (Å²) in [5, 5.41) is 0. The maximum absolute atomic E-state index is 13.2. The van der Waals surface area contributed by atoms with E-state index in [-0.39, 0.29) is 23.5 Å². The van der Waals surface area contributed by atoms with Gasteiger partial charge in [0.1, 0.15) is 11.4 Å². The number of hydrogen-bond acceptors (Lipinski definition) is 4. The van der Waals surface area contributed by atoms with Gasteiger partial charge in [-0.2, -0.15) is 0 Å². The number of carbonyl (C=O) groups is 2. The van der Waals surface area contributed by atoms with Gasteiger partial charge in [-0.3, -0.25) is 9.59 Å². The molecule has 0 aliphatic carbocycles. The lowest BCUT2D eigenvalue weighted by Gasteiger charge is -2.34. The molecule has 2 fully saturated rings. The monoisotopic (exact) mass is 372 g/mol. The molecule has 1 spiro atoms. The summed E-state index contributed by atoms with van der Waals surface area (Å²) in [5.41, 5.74) is -0.930. The number of aryl methyl sites for hydroxylation is 1. The highest BCUT2D eigenvalue weighted by Gasteiger charge is 2.68. The number of aromatic nitrogens is 2. The van der Waals surface area contributed by atoms with Crippen molar-refractivity contribution in [3.8, 4) is 0 Å². The maximum atomic E-state index is 13.2. The SMILES string of the molecule is Cc1nccn1CCN(C)C(=O)C1C2C(=O)N(C(C)(C)C)C[C@@]23C=C[C@@H]1O3. The van der Waals surface area contributed by atoms with E-state index in [9.17, 15) is 9.59 Å². The van der Waals surface area contributed by atoms with Crippen LogP contribution in [0.5, 0.6) is 0 Å². The van der Waals surface area contributed by atoms with Crippen molar-refractivity contribution in [3.05, 3.63) is 30.4 Å². The molecule has 2 amide bonds. The van der Waals surface area contributed by atoms with E-state index in [0.717, 1.165) is 5.82 Å². The highest BCUT2D eigenvalue weighted by molar-refractivity contribution is 5.93. The second-order valence-electron chi connectivity index (χ2n) is 8.92. The van der Waals surface area contributed by atoms with Crippen molar-refractivity contribution >= 4 is 11.8 Å². The fraction of sp³-hybridized carbons (Fsp3) is 0.650. The number of hydrogen-bond donors (Lipinski definition) is 0. The Morgan fingerprint density at radius 3 is 2.81 bits per heavy atom. The normalized spacial score (nSPS) is 31.7. The smallest absolute Gasteiger partial charge is 0.230 e. The molecule has 0 radical (unpaired) electrons. The molecular weight excluding hydrogens is 344 g/mol. The molecule has 7 heteroatoms. The minimum atomic E-state index is -0.642. The lowest BCUT2D eigenvalue weighted by molar-refractivity contribution is -0.144. The van der Waals surface area contributed by atoms with Gasteiger partial charge in [-0.05, 0) is 27.7 Å². The summed E-state index contributed by atoms with van der Waals surface area (Å²) in [6, 6.07) is 0. The number of amides is 2. The third-order valence-corrected chi connectivity index (χ3v) is 6.17. The van der Waals surface area contributed by atoms with Crippen LogP contribution in [0.15, 0.2) is 24.5 Å². The summed E-state index contributed by atoms with van der Waals surface area (Å²) < 4.78 is 8.22. The molecule has 7 nitrogen and oxygen atoms in total. The fourth-order valence-electron chi connectivity index (χ4n) is 4.61. The maximum Gasteiger partial charge on any atom is 0.230 e. The van der Waals surface area contributed by atoms with Gasteiger partial charge in [-0.1, -0.05) is 12.2 Å². The number of fused-ring (bicyclic) bond motifs is 1. The lowest BCUT2D eigenvalue weighted by atomic mass is 9.76. The quantitative estimate of drug-likeness (QED) is 0.746. The molecule has 0 N–H and O–H groups in total. The van der Waals surface area contributed by atoms with Crippen LogP contribution in [0.2, 0.25) is 0 Å². The molecule has 0 aromatic carbocycles. The Balaban J connectivity index is 1.52. The summed E-state index contributed by atoms with van der Waals surface area (Å²) in [5.74, 6) is 0.0813. The van der Waals surface area contributed by atoms with E-state index >= 15 is 0 Å². The van der Waals surface area contributed by atoms with Gasteiger partial charge in [0.2, 0.25) is 11.8 Å². The molecule has 4 rings (SSSR count). The molecule has 2 unspecified atom stereocenters. The van der Waals surface area contributed by atoms with E-state index in [1.165, 1.54) is 0 Å². The van der Waals surface area contributed by atoms with Gasteiger partial charge in [0.25, 0.3) is 0 Å². The molecule has 1 aromatic heterocycles. The van der Waals surface area contributed by atoms with Crippen LogP contribution in [0.4, 0.5) is 0 Å². The molecule has 2 bridgehead atoms. The molecular formula is C20H28N4O3. The lowest BCUT2D eigenvalue weighted by Crippen LogP contribution is -2.47. The van der Waals surface area contributed by atoms with Crippen LogP contribution < -0.4 is 0 Å². The van der Waals surface area contributed by atoms with E-state index in [4.69, 9.17) is 4.74 Å². The van der Waals surface area contributed by atoms with Crippen LogP contribution in [0.25, 0.3) is 0 Å². The number of carbonyl (C=O) groups excluding carboxylic acids is 2. The first kappa shape index (κ1) is 18.2. The van der Waals surface area contributed by atoms with Gasteiger partial charge in [-0.25, -0.2) is 4.98 Å². The van der Waals surface area contributed by atoms with Crippen LogP contribution in [0.1, 0.15) is 26.6 Å². The number of likely N-dealkylation sites (tertiary alicyclic amines) is 1. The molecule has 1 aromatic rings. The fourth-order valence-corrected chi connectivity index (χ4v) is 4.61. The van der Waals surface area contributed by atoms with Crippen molar-refractivity contribution in [1.82, 2.24) is 19.4 Å². The molecule has 27 heavy (non-hydrogen) atoms. The molecule has 3 aliphatic heterocycles. The third kappa shape index (κ3) is 2.71. The van der Waals surface area contributed by atoms with Gasteiger partial charge in [0, 0.05) is 38.1 Å². The van der Waals surface area contributed by atoms with Gasteiger partial charge in [0.05, 0.1) is 24.5 Å². The van der Waals surface area contributed by atoms with Gasteiger partial charge in [-0.15, -0.1) is 0 Å². The van der Waals surface area contributed by atoms with Gasteiger partial charge in [0.15, 0.2) is 0 Å². The number of ether oxygens (including phenoxy) is 1. The molecule has 146 valence electrons. The van der Waals surface area contributed by atoms with E-state index in [1.807, 2.05) is 55.5 Å².